The van der Waals surface area contributed by atoms with Gasteiger partial charge in [0.05, 0.1) is 27.8 Å². The van der Waals surface area contributed by atoms with Crippen LogP contribution < -0.4 is 29.7 Å². The van der Waals surface area contributed by atoms with Gasteiger partial charge in [0.15, 0.2) is 18.1 Å². The van der Waals surface area contributed by atoms with Crippen molar-refractivity contribution in [3.63, 3.8) is 0 Å². The molecule has 0 atom stereocenters. The second-order valence-corrected chi connectivity index (χ2v) is 6.81. The first-order chi connectivity index (χ1) is 15.4. The molecule has 0 bridgehead atoms. The highest BCUT2D eigenvalue weighted by molar-refractivity contribution is 6.00. The van der Waals surface area contributed by atoms with E-state index < -0.39 is 5.91 Å². The molecule has 0 aliphatic rings. The van der Waals surface area contributed by atoms with Gasteiger partial charge in [0, 0.05) is 12.3 Å². The fourth-order valence-electron chi connectivity index (χ4n) is 2.73. The number of carbonyl (C=O) groups is 2. The Morgan fingerprint density at radius 2 is 1.56 bits per heavy atom. The van der Waals surface area contributed by atoms with E-state index in [0.29, 0.717) is 41.7 Å². The third-order valence-corrected chi connectivity index (χ3v) is 4.40. The largest absolute Gasteiger partial charge is 0.497 e. The van der Waals surface area contributed by atoms with Gasteiger partial charge in [-0.2, -0.15) is 5.10 Å². The highest BCUT2D eigenvalue weighted by atomic mass is 16.5. The summed E-state index contributed by atoms with van der Waals surface area (Å²) in [5, 5.41) is 6.77. The standard InChI is InChI=1S/C23H29N3O6/c1-16(25-26-23(28)15-32-19-8-6-18(29-2)7-9-19)13-22(27)24-12-11-17-5-10-20(30-3)21(14-17)31-4/h5-10,14H,11-13,15H2,1-4H3,(H,24,27)(H,26,28). The number of rotatable bonds is 12. The molecular weight excluding hydrogens is 414 g/mol. The zero-order chi connectivity index (χ0) is 23.3. The first-order valence-electron chi connectivity index (χ1n) is 10.0. The van der Waals surface area contributed by atoms with Crippen LogP contribution >= 0.6 is 0 Å². The van der Waals surface area contributed by atoms with E-state index in [1.54, 1.807) is 52.5 Å². The number of nitrogens with one attached hydrogen (secondary N) is 2. The normalized spacial score (nSPS) is 10.8. The maximum absolute atomic E-state index is 12.1. The van der Waals surface area contributed by atoms with Crippen LogP contribution in [0.1, 0.15) is 18.9 Å². The van der Waals surface area contributed by atoms with Crippen molar-refractivity contribution in [2.24, 2.45) is 5.10 Å². The summed E-state index contributed by atoms with van der Waals surface area (Å²) in [6, 6.07) is 12.5. The predicted octanol–water partition coefficient (Wildman–Crippen LogP) is 2.33. The minimum absolute atomic E-state index is 0.0750. The van der Waals surface area contributed by atoms with E-state index in [-0.39, 0.29) is 18.9 Å². The number of carbonyl (C=O) groups excluding carboxylic acids is 2. The molecule has 2 N–H and O–H groups in total. The lowest BCUT2D eigenvalue weighted by Gasteiger charge is -2.10. The lowest BCUT2D eigenvalue weighted by Crippen LogP contribution is -2.29. The number of ether oxygens (including phenoxy) is 4. The van der Waals surface area contributed by atoms with Gasteiger partial charge in [0.2, 0.25) is 5.91 Å². The Hall–Kier alpha value is -3.75. The molecule has 2 aromatic carbocycles. The van der Waals surface area contributed by atoms with Gasteiger partial charge >= 0.3 is 0 Å². The summed E-state index contributed by atoms with van der Waals surface area (Å²) in [5.41, 5.74) is 3.87. The molecule has 0 saturated carbocycles. The average Bonchev–Trinajstić information content (AvgIpc) is 2.81. The van der Waals surface area contributed by atoms with Gasteiger partial charge in [-0.15, -0.1) is 0 Å². The Kier molecular flexibility index (Phi) is 9.83. The molecule has 0 saturated heterocycles. The van der Waals surface area contributed by atoms with E-state index >= 15 is 0 Å². The summed E-state index contributed by atoms with van der Waals surface area (Å²) in [6.07, 6.45) is 0.716. The van der Waals surface area contributed by atoms with Crippen molar-refractivity contribution in [3.05, 3.63) is 48.0 Å². The summed E-state index contributed by atoms with van der Waals surface area (Å²) in [7, 11) is 4.73. The van der Waals surface area contributed by atoms with Crippen molar-refractivity contribution in [1.29, 1.82) is 0 Å². The van der Waals surface area contributed by atoms with Gasteiger partial charge in [-0.25, -0.2) is 5.43 Å². The number of nitrogens with zero attached hydrogens (tertiary/aromatic N) is 1. The first kappa shape index (κ1) is 24.5. The van der Waals surface area contributed by atoms with Crippen LogP contribution in [-0.2, 0) is 16.0 Å². The van der Waals surface area contributed by atoms with Crippen molar-refractivity contribution >= 4 is 17.5 Å². The van der Waals surface area contributed by atoms with E-state index in [1.807, 2.05) is 18.2 Å². The molecule has 2 aromatic rings. The van der Waals surface area contributed by atoms with Crippen LogP contribution in [0.4, 0.5) is 0 Å². The molecular formula is C23H29N3O6. The van der Waals surface area contributed by atoms with Gasteiger partial charge in [-0.3, -0.25) is 9.59 Å². The lowest BCUT2D eigenvalue weighted by molar-refractivity contribution is -0.123. The molecule has 172 valence electrons. The minimum Gasteiger partial charge on any atom is -0.497 e. The van der Waals surface area contributed by atoms with Crippen molar-refractivity contribution in [2.45, 2.75) is 19.8 Å². The third kappa shape index (κ3) is 8.17. The summed E-state index contributed by atoms with van der Waals surface area (Å²) in [4.78, 5) is 24.0. The lowest BCUT2D eigenvalue weighted by atomic mass is 10.1. The van der Waals surface area contributed by atoms with Crippen LogP contribution in [0.3, 0.4) is 0 Å². The average molecular weight is 444 g/mol. The Labute approximate surface area is 187 Å². The van der Waals surface area contributed by atoms with Gasteiger partial charge in [0.1, 0.15) is 11.5 Å². The highest BCUT2D eigenvalue weighted by Crippen LogP contribution is 2.27. The SMILES string of the molecule is COc1ccc(OCC(=O)NN=C(C)CC(=O)NCCc2ccc(OC)c(OC)c2)cc1. The molecule has 9 heteroatoms. The van der Waals surface area contributed by atoms with Crippen molar-refractivity contribution < 1.29 is 28.5 Å². The van der Waals surface area contributed by atoms with E-state index in [2.05, 4.69) is 15.8 Å². The second kappa shape index (κ2) is 12.8. The molecule has 9 nitrogen and oxygen atoms in total. The zero-order valence-electron chi connectivity index (χ0n) is 18.8. The number of amides is 2. The molecule has 2 amide bonds. The summed E-state index contributed by atoms with van der Waals surface area (Å²) < 4.78 is 20.9. The monoisotopic (exact) mass is 443 g/mol. The Balaban J connectivity index is 1.69. The molecule has 0 fully saturated rings. The summed E-state index contributed by atoms with van der Waals surface area (Å²) in [5.74, 6) is 1.93. The van der Waals surface area contributed by atoms with Crippen molar-refractivity contribution in [3.8, 4) is 23.0 Å². The van der Waals surface area contributed by atoms with Gasteiger partial charge < -0.3 is 24.3 Å². The number of methoxy groups -OCH3 is 3. The van der Waals surface area contributed by atoms with E-state index in [0.717, 1.165) is 5.56 Å². The van der Waals surface area contributed by atoms with Crippen LogP contribution in [0.5, 0.6) is 23.0 Å². The molecule has 0 heterocycles. The predicted molar refractivity (Wildman–Crippen MR) is 121 cm³/mol. The molecule has 0 spiro atoms. The van der Waals surface area contributed by atoms with Gasteiger partial charge in [0.25, 0.3) is 5.91 Å². The number of hydrazone groups is 1. The van der Waals surface area contributed by atoms with Crippen molar-refractivity contribution in [1.82, 2.24) is 10.7 Å². The Morgan fingerprint density at radius 1 is 0.875 bits per heavy atom. The van der Waals surface area contributed by atoms with Crippen LogP contribution in [0, 0.1) is 0 Å². The van der Waals surface area contributed by atoms with Crippen LogP contribution in [-0.4, -0.2) is 52.0 Å². The molecule has 0 radical (unpaired) electrons. The van der Waals surface area contributed by atoms with Gasteiger partial charge in [-0.05, 0) is 55.3 Å². The molecule has 0 aliphatic heterocycles. The second-order valence-electron chi connectivity index (χ2n) is 6.81. The summed E-state index contributed by atoms with van der Waals surface area (Å²) in [6.45, 7) is 1.93. The number of hydrogen-bond acceptors (Lipinski definition) is 7. The van der Waals surface area contributed by atoms with Crippen LogP contribution in [0.2, 0.25) is 0 Å². The third-order valence-electron chi connectivity index (χ3n) is 4.40. The number of benzene rings is 2. The van der Waals surface area contributed by atoms with Crippen LogP contribution in [0.15, 0.2) is 47.6 Å². The Bertz CT molecular complexity index is 928. The van der Waals surface area contributed by atoms with Gasteiger partial charge in [-0.1, -0.05) is 6.07 Å². The molecule has 2 rings (SSSR count). The quantitative estimate of drug-likeness (QED) is 0.385. The first-order valence-corrected chi connectivity index (χ1v) is 10.0. The number of hydrogen-bond donors (Lipinski definition) is 2. The highest BCUT2D eigenvalue weighted by Gasteiger charge is 2.08. The fourth-order valence-corrected chi connectivity index (χ4v) is 2.73. The van der Waals surface area contributed by atoms with E-state index in [1.165, 1.54) is 0 Å². The molecule has 0 aliphatic carbocycles. The smallest absolute Gasteiger partial charge is 0.277 e. The van der Waals surface area contributed by atoms with E-state index in [9.17, 15) is 9.59 Å². The molecule has 0 aromatic heterocycles. The van der Waals surface area contributed by atoms with Crippen LogP contribution in [0.25, 0.3) is 0 Å². The Morgan fingerprint density at radius 3 is 2.22 bits per heavy atom. The molecule has 0 unspecified atom stereocenters. The fraction of sp³-hybridized carbons (Fsp3) is 0.348. The molecule has 32 heavy (non-hydrogen) atoms. The minimum atomic E-state index is -0.422. The maximum atomic E-state index is 12.1. The maximum Gasteiger partial charge on any atom is 0.277 e. The van der Waals surface area contributed by atoms with Crippen molar-refractivity contribution in [2.75, 3.05) is 34.5 Å². The summed E-state index contributed by atoms with van der Waals surface area (Å²) >= 11 is 0. The topological polar surface area (TPSA) is 107 Å². The van der Waals surface area contributed by atoms with E-state index in [4.69, 9.17) is 18.9 Å². The zero-order valence-corrected chi connectivity index (χ0v) is 18.8.